The van der Waals surface area contributed by atoms with Crippen LogP contribution in [-0.4, -0.2) is 39.5 Å². The molecule has 1 atom stereocenters. The number of methoxy groups -OCH3 is 1. The Balaban J connectivity index is 1.99. The van der Waals surface area contributed by atoms with E-state index < -0.39 is 12.6 Å². The second-order valence-corrected chi connectivity index (χ2v) is 11.2. The maximum Gasteiger partial charge on any atom is 0.303 e. The van der Waals surface area contributed by atoms with Crippen LogP contribution in [0.2, 0.25) is 0 Å². The van der Waals surface area contributed by atoms with E-state index in [1.807, 2.05) is 31.2 Å². The number of benzene rings is 2. The van der Waals surface area contributed by atoms with Crippen LogP contribution < -0.4 is 0 Å². The van der Waals surface area contributed by atoms with Crippen molar-refractivity contribution in [2.75, 3.05) is 13.7 Å². The Morgan fingerprint density at radius 2 is 1.88 bits per heavy atom. The van der Waals surface area contributed by atoms with E-state index in [0.29, 0.717) is 18.4 Å². The molecule has 2 heterocycles. The Bertz CT molecular complexity index is 1510. The van der Waals surface area contributed by atoms with Gasteiger partial charge in [-0.15, -0.1) is 0 Å². The number of aromatic nitrogens is 2. The molecule has 2 aromatic heterocycles. The molecule has 0 radical (unpaired) electrons. The lowest BCUT2D eigenvalue weighted by Gasteiger charge is -2.23. The minimum Gasteiger partial charge on any atom is -0.481 e. The monoisotopic (exact) mass is 546 g/mol. The largest absolute Gasteiger partial charge is 0.481 e. The van der Waals surface area contributed by atoms with Crippen LogP contribution >= 0.6 is 0 Å². The third kappa shape index (κ3) is 6.11. The molecule has 0 aliphatic rings. The highest BCUT2D eigenvalue weighted by Gasteiger charge is 2.27. The summed E-state index contributed by atoms with van der Waals surface area (Å²) in [5.41, 5.74) is 7.83. The maximum atomic E-state index is 13.8. The molecular formula is C33H39FN2O4. The molecule has 40 heavy (non-hydrogen) atoms. The Labute approximate surface area is 235 Å². The lowest BCUT2D eigenvalue weighted by Crippen LogP contribution is -2.20. The summed E-state index contributed by atoms with van der Waals surface area (Å²) in [6.07, 6.45) is 2.54. The van der Waals surface area contributed by atoms with Crippen molar-refractivity contribution in [1.29, 1.82) is 0 Å². The van der Waals surface area contributed by atoms with Gasteiger partial charge in [0.2, 0.25) is 0 Å². The third-order valence-electron chi connectivity index (χ3n) is 7.57. The second-order valence-electron chi connectivity index (χ2n) is 11.2. The number of fused-ring (bicyclic) bond motifs is 1. The summed E-state index contributed by atoms with van der Waals surface area (Å²) in [5, 5.41) is 20.4. The molecule has 0 saturated heterocycles. The fourth-order valence-corrected chi connectivity index (χ4v) is 5.41. The zero-order valence-electron chi connectivity index (χ0n) is 24.0. The number of hydrogen-bond acceptors (Lipinski definition) is 4. The van der Waals surface area contributed by atoms with Gasteiger partial charge in [0.05, 0.1) is 17.5 Å². The van der Waals surface area contributed by atoms with Gasteiger partial charge in [0, 0.05) is 49.3 Å². The van der Waals surface area contributed by atoms with Gasteiger partial charge >= 0.3 is 5.97 Å². The number of nitrogens with zero attached hydrogens (tertiary/aromatic N) is 2. The summed E-state index contributed by atoms with van der Waals surface area (Å²) in [7, 11) is 1.68. The third-order valence-corrected chi connectivity index (χ3v) is 7.57. The van der Waals surface area contributed by atoms with E-state index >= 15 is 0 Å². The van der Waals surface area contributed by atoms with Crippen molar-refractivity contribution in [3.63, 3.8) is 0 Å². The van der Waals surface area contributed by atoms with E-state index in [0.717, 1.165) is 56.7 Å². The summed E-state index contributed by atoms with van der Waals surface area (Å²) in [5.74, 6) is -0.879. The topological polar surface area (TPSA) is 84.6 Å². The van der Waals surface area contributed by atoms with Crippen molar-refractivity contribution in [2.45, 2.75) is 66.3 Å². The van der Waals surface area contributed by atoms with Crippen LogP contribution in [0.15, 0.2) is 54.7 Å². The predicted octanol–water partition coefficient (Wildman–Crippen LogP) is 7.15. The predicted molar refractivity (Wildman–Crippen MR) is 157 cm³/mol. The molecule has 0 fully saturated rings. The maximum absolute atomic E-state index is 13.8. The van der Waals surface area contributed by atoms with E-state index in [2.05, 4.69) is 48.5 Å². The van der Waals surface area contributed by atoms with Gasteiger partial charge in [0.1, 0.15) is 6.67 Å². The molecule has 212 valence electrons. The number of carboxylic acid groups (broad SMARTS) is 1. The van der Waals surface area contributed by atoms with Crippen molar-refractivity contribution >= 4 is 16.9 Å². The normalized spacial score (nSPS) is 12.7. The van der Waals surface area contributed by atoms with Gasteiger partial charge in [-0.1, -0.05) is 32.0 Å². The first-order valence-electron chi connectivity index (χ1n) is 13.8. The quantitative estimate of drug-likeness (QED) is 0.197. The van der Waals surface area contributed by atoms with Crippen molar-refractivity contribution < 1.29 is 24.1 Å². The Hall–Kier alpha value is -3.55. The number of aryl methyl sites for hydroxylation is 2. The summed E-state index contributed by atoms with van der Waals surface area (Å²) in [6.45, 7) is 8.35. The molecule has 0 amide bonds. The molecule has 0 spiro atoms. The summed E-state index contributed by atoms with van der Waals surface area (Å²) >= 11 is 0. The molecule has 7 heteroatoms. The number of rotatable bonds is 12. The summed E-state index contributed by atoms with van der Waals surface area (Å²) in [6, 6.07) is 15.8. The molecule has 2 N–H and O–H groups in total. The van der Waals surface area contributed by atoms with Gasteiger partial charge in [-0.25, -0.2) is 4.39 Å². The van der Waals surface area contributed by atoms with Gasteiger partial charge in [0.15, 0.2) is 0 Å². The standard InChI is InChI=1S/C33H39FN2O4/c1-6-36-29-11-10-24(25-15-22(9-12-30(38)39)14-23(16-25)19-34)17-27(29)28(18-33(3,4)20-37)32(36)26-8-7-13-35-31(26)21(2)40-5/h7-8,10-11,13-17,21,37H,6,9,12,18-20H2,1-5H3,(H,38,39)/t21-/m0/s1. The molecule has 4 rings (SSSR count). The van der Waals surface area contributed by atoms with Gasteiger partial charge in [-0.3, -0.25) is 9.78 Å². The second kappa shape index (κ2) is 12.3. The highest BCUT2D eigenvalue weighted by molar-refractivity contribution is 5.95. The molecule has 6 nitrogen and oxygen atoms in total. The first-order chi connectivity index (χ1) is 19.1. The van der Waals surface area contributed by atoms with Gasteiger partial charge < -0.3 is 19.5 Å². The van der Waals surface area contributed by atoms with E-state index in [1.54, 1.807) is 19.4 Å². The number of aliphatic carboxylic acids is 1. The zero-order chi connectivity index (χ0) is 29.0. The number of aliphatic hydroxyl groups excluding tert-OH is 1. The SMILES string of the molecule is CCn1c(-c2cccnc2[C@H](C)OC)c(CC(C)(C)CO)c2cc(-c3cc(CF)cc(CCC(=O)O)c3)ccc21. The van der Waals surface area contributed by atoms with Crippen LogP contribution in [0.25, 0.3) is 33.3 Å². The molecule has 0 saturated carbocycles. The molecule has 0 bridgehead atoms. The van der Waals surface area contributed by atoms with Crippen LogP contribution in [0.3, 0.4) is 0 Å². The van der Waals surface area contributed by atoms with Crippen LogP contribution in [0.5, 0.6) is 0 Å². The lowest BCUT2D eigenvalue weighted by molar-refractivity contribution is -0.136. The van der Waals surface area contributed by atoms with E-state index in [9.17, 15) is 14.3 Å². The van der Waals surface area contributed by atoms with Gasteiger partial charge in [-0.05, 0) is 90.3 Å². The number of alkyl halides is 1. The van der Waals surface area contributed by atoms with Crippen molar-refractivity contribution in [3.8, 4) is 22.4 Å². The Morgan fingerprint density at radius 3 is 2.52 bits per heavy atom. The molecule has 2 aromatic carbocycles. The number of halogens is 1. The fraction of sp³-hybridized carbons (Fsp3) is 0.394. The Kier molecular flexibility index (Phi) is 9.06. The highest BCUT2D eigenvalue weighted by Crippen LogP contribution is 2.41. The lowest BCUT2D eigenvalue weighted by atomic mass is 9.84. The zero-order valence-corrected chi connectivity index (χ0v) is 24.0. The van der Waals surface area contributed by atoms with Crippen LogP contribution in [0, 0.1) is 5.41 Å². The van der Waals surface area contributed by atoms with E-state index in [-0.39, 0.29) is 24.5 Å². The first kappa shape index (κ1) is 29.4. The minimum absolute atomic E-state index is 0.00927. The molecule has 0 aliphatic carbocycles. The molecule has 0 unspecified atom stereocenters. The summed E-state index contributed by atoms with van der Waals surface area (Å²) in [4.78, 5) is 15.9. The number of aliphatic hydroxyl groups is 1. The van der Waals surface area contributed by atoms with Crippen molar-refractivity contribution in [2.24, 2.45) is 5.41 Å². The van der Waals surface area contributed by atoms with Gasteiger partial charge in [0.25, 0.3) is 0 Å². The van der Waals surface area contributed by atoms with E-state index in [4.69, 9.17) is 9.84 Å². The average molecular weight is 547 g/mol. The summed E-state index contributed by atoms with van der Waals surface area (Å²) < 4.78 is 21.8. The number of hydrogen-bond donors (Lipinski definition) is 2. The van der Waals surface area contributed by atoms with Crippen LogP contribution in [-0.2, 0) is 35.6 Å². The number of carbonyl (C=O) groups is 1. The van der Waals surface area contributed by atoms with Crippen LogP contribution in [0.1, 0.15) is 62.6 Å². The van der Waals surface area contributed by atoms with Crippen molar-refractivity contribution in [3.05, 3.63) is 77.1 Å². The highest BCUT2D eigenvalue weighted by atomic mass is 19.1. The number of carboxylic acids is 1. The van der Waals surface area contributed by atoms with Crippen molar-refractivity contribution in [1.82, 2.24) is 9.55 Å². The number of pyridine rings is 1. The average Bonchev–Trinajstić information content (AvgIpc) is 3.26. The molecule has 4 aromatic rings. The minimum atomic E-state index is -0.879. The molecule has 0 aliphatic heterocycles. The smallest absolute Gasteiger partial charge is 0.303 e. The van der Waals surface area contributed by atoms with E-state index in [1.165, 1.54) is 0 Å². The Morgan fingerprint density at radius 1 is 1.12 bits per heavy atom. The fourth-order valence-electron chi connectivity index (χ4n) is 5.41. The molecular weight excluding hydrogens is 507 g/mol. The first-order valence-corrected chi connectivity index (χ1v) is 13.8. The van der Waals surface area contributed by atoms with Crippen LogP contribution in [0.4, 0.5) is 4.39 Å². The van der Waals surface area contributed by atoms with Gasteiger partial charge in [-0.2, -0.15) is 0 Å². The number of ether oxygens (including phenoxy) is 1.